The first kappa shape index (κ1) is 15.7. The summed E-state index contributed by atoms with van der Waals surface area (Å²) in [5.74, 6) is 0.0261. The van der Waals surface area contributed by atoms with Gasteiger partial charge in [-0.2, -0.15) is 0 Å². The molecular weight excluding hydrogens is 264 g/mol. The van der Waals surface area contributed by atoms with Crippen molar-refractivity contribution in [2.24, 2.45) is 0 Å². The predicted octanol–water partition coefficient (Wildman–Crippen LogP) is 2.56. The minimum absolute atomic E-state index is 0.0342. The van der Waals surface area contributed by atoms with Crippen LogP contribution in [-0.2, 0) is 14.3 Å². The van der Waals surface area contributed by atoms with Crippen molar-refractivity contribution in [3.8, 4) is 0 Å². The molecule has 0 N–H and O–H groups in total. The Morgan fingerprint density at radius 3 is 2.42 bits per heavy atom. The second kappa shape index (κ2) is 8.72. The van der Waals surface area contributed by atoms with Crippen molar-refractivity contribution >= 4 is 23.5 Å². The van der Waals surface area contributed by atoms with Gasteiger partial charge in [-0.05, 0) is 26.0 Å². The average Bonchev–Trinajstić information content (AvgIpc) is 2.42. The summed E-state index contributed by atoms with van der Waals surface area (Å²) in [6.45, 7) is 4.76. The van der Waals surface area contributed by atoms with Crippen LogP contribution in [0.5, 0.6) is 0 Å². The standard InChI is InChI=1S/C14H18O4S/c1-3-17-8-9-18-14(16)10-19-13-6-4-12(5-7-13)11(2)15/h4-7H,3,8-10H2,1-2H3. The maximum Gasteiger partial charge on any atom is 0.316 e. The highest BCUT2D eigenvalue weighted by atomic mass is 32.2. The molecule has 0 radical (unpaired) electrons. The van der Waals surface area contributed by atoms with Gasteiger partial charge in [-0.15, -0.1) is 11.8 Å². The van der Waals surface area contributed by atoms with E-state index in [1.165, 1.54) is 18.7 Å². The van der Waals surface area contributed by atoms with Crippen LogP contribution in [0.15, 0.2) is 29.2 Å². The minimum atomic E-state index is -0.264. The van der Waals surface area contributed by atoms with Crippen molar-refractivity contribution in [2.75, 3.05) is 25.6 Å². The zero-order valence-corrected chi connectivity index (χ0v) is 12.0. The van der Waals surface area contributed by atoms with Crippen molar-refractivity contribution in [1.29, 1.82) is 0 Å². The van der Waals surface area contributed by atoms with E-state index in [4.69, 9.17) is 9.47 Å². The zero-order valence-electron chi connectivity index (χ0n) is 11.2. The first-order valence-corrected chi connectivity index (χ1v) is 7.09. The highest BCUT2D eigenvalue weighted by Gasteiger charge is 2.05. The molecule has 1 rings (SSSR count). The van der Waals surface area contributed by atoms with Crippen molar-refractivity contribution < 1.29 is 19.1 Å². The highest BCUT2D eigenvalue weighted by Crippen LogP contribution is 2.18. The molecule has 19 heavy (non-hydrogen) atoms. The first-order chi connectivity index (χ1) is 9.13. The number of hydrogen-bond donors (Lipinski definition) is 0. The van der Waals surface area contributed by atoms with E-state index in [9.17, 15) is 9.59 Å². The molecule has 0 saturated carbocycles. The van der Waals surface area contributed by atoms with E-state index in [1.54, 1.807) is 12.1 Å². The summed E-state index contributed by atoms with van der Waals surface area (Å²) in [6, 6.07) is 7.17. The molecule has 0 atom stereocenters. The van der Waals surface area contributed by atoms with Gasteiger partial charge in [-0.25, -0.2) is 0 Å². The molecule has 0 heterocycles. The fourth-order valence-electron chi connectivity index (χ4n) is 1.33. The molecule has 0 amide bonds. The molecule has 0 aliphatic carbocycles. The molecule has 4 nitrogen and oxygen atoms in total. The molecule has 0 aliphatic heterocycles. The van der Waals surface area contributed by atoms with Gasteiger partial charge in [0.15, 0.2) is 5.78 Å². The number of carbonyl (C=O) groups is 2. The molecule has 5 heteroatoms. The largest absolute Gasteiger partial charge is 0.463 e. The summed E-state index contributed by atoms with van der Waals surface area (Å²) in [5, 5.41) is 0. The Balaban J connectivity index is 2.28. The monoisotopic (exact) mass is 282 g/mol. The number of Topliss-reactive ketones (excluding diaryl/α,β-unsaturated/α-hetero) is 1. The summed E-state index contributed by atoms with van der Waals surface area (Å²) in [7, 11) is 0. The highest BCUT2D eigenvalue weighted by molar-refractivity contribution is 8.00. The Hall–Kier alpha value is -1.33. The molecule has 0 unspecified atom stereocenters. The van der Waals surface area contributed by atoms with Gasteiger partial charge in [0.25, 0.3) is 0 Å². The van der Waals surface area contributed by atoms with Crippen molar-refractivity contribution in [3.63, 3.8) is 0 Å². The van der Waals surface area contributed by atoms with Crippen LogP contribution in [0.3, 0.4) is 0 Å². The lowest BCUT2D eigenvalue weighted by atomic mass is 10.2. The maximum absolute atomic E-state index is 11.4. The first-order valence-electron chi connectivity index (χ1n) is 6.10. The van der Waals surface area contributed by atoms with E-state index in [0.29, 0.717) is 18.8 Å². The van der Waals surface area contributed by atoms with Crippen LogP contribution >= 0.6 is 11.8 Å². The van der Waals surface area contributed by atoms with Crippen LogP contribution < -0.4 is 0 Å². The van der Waals surface area contributed by atoms with Gasteiger partial charge in [-0.1, -0.05) is 12.1 Å². The molecule has 1 aromatic carbocycles. The van der Waals surface area contributed by atoms with E-state index in [2.05, 4.69) is 0 Å². The number of rotatable bonds is 8. The Labute approximate surface area is 117 Å². The number of thioether (sulfide) groups is 1. The van der Waals surface area contributed by atoms with Gasteiger partial charge >= 0.3 is 5.97 Å². The maximum atomic E-state index is 11.4. The Kier molecular flexibility index (Phi) is 7.22. The molecule has 0 aromatic heterocycles. The lowest BCUT2D eigenvalue weighted by Gasteiger charge is -2.05. The SMILES string of the molecule is CCOCCOC(=O)CSc1ccc(C(C)=O)cc1. The Morgan fingerprint density at radius 1 is 1.16 bits per heavy atom. The molecular formula is C14H18O4S. The van der Waals surface area contributed by atoms with Crippen LogP contribution in [-0.4, -0.2) is 37.3 Å². The summed E-state index contributed by atoms with van der Waals surface area (Å²) in [4.78, 5) is 23.4. The number of benzene rings is 1. The fourth-order valence-corrected chi connectivity index (χ4v) is 2.02. The van der Waals surface area contributed by atoms with Gasteiger partial charge in [0.05, 0.1) is 12.4 Å². The average molecular weight is 282 g/mol. The molecule has 0 saturated heterocycles. The lowest BCUT2D eigenvalue weighted by Crippen LogP contribution is -2.12. The van der Waals surface area contributed by atoms with Gasteiger partial charge in [0, 0.05) is 17.1 Å². The molecule has 104 valence electrons. The molecule has 0 fully saturated rings. The van der Waals surface area contributed by atoms with E-state index in [0.717, 1.165) is 4.90 Å². The van der Waals surface area contributed by atoms with Crippen molar-refractivity contribution in [2.45, 2.75) is 18.7 Å². The predicted molar refractivity (Wildman–Crippen MR) is 74.6 cm³/mol. The lowest BCUT2D eigenvalue weighted by molar-refractivity contribution is -0.141. The van der Waals surface area contributed by atoms with Gasteiger partial charge in [0.1, 0.15) is 6.61 Å². The molecule has 1 aromatic rings. The van der Waals surface area contributed by atoms with Crippen LogP contribution in [0.1, 0.15) is 24.2 Å². The van der Waals surface area contributed by atoms with Crippen molar-refractivity contribution in [1.82, 2.24) is 0 Å². The number of ketones is 1. The van der Waals surface area contributed by atoms with Crippen LogP contribution in [0.4, 0.5) is 0 Å². The number of esters is 1. The summed E-state index contributed by atoms with van der Waals surface area (Å²) in [5.41, 5.74) is 0.670. The second-order valence-corrected chi connectivity index (χ2v) is 4.84. The van der Waals surface area contributed by atoms with Gasteiger partial charge in [0.2, 0.25) is 0 Å². The molecule has 0 bridgehead atoms. The Morgan fingerprint density at radius 2 is 1.84 bits per heavy atom. The Bertz CT molecular complexity index is 414. The number of hydrogen-bond acceptors (Lipinski definition) is 5. The van der Waals surface area contributed by atoms with E-state index in [1.807, 2.05) is 19.1 Å². The third-order valence-electron chi connectivity index (χ3n) is 2.31. The molecule has 0 aliphatic rings. The second-order valence-electron chi connectivity index (χ2n) is 3.79. The third kappa shape index (κ3) is 6.40. The summed E-state index contributed by atoms with van der Waals surface area (Å²) < 4.78 is 10.1. The van der Waals surface area contributed by atoms with Crippen LogP contribution in [0.25, 0.3) is 0 Å². The fraction of sp³-hybridized carbons (Fsp3) is 0.429. The summed E-state index contributed by atoms with van der Waals surface area (Å²) in [6.07, 6.45) is 0. The smallest absolute Gasteiger partial charge is 0.316 e. The third-order valence-corrected chi connectivity index (χ3v) is 3.30. The van der Waals surface area contributed by atoms with Crippen molar-refractivity contribution in [3.05, 3.63) is 29.8 Å². The number of carbonyl (C=O) groups excluding carboxylic acids is 2. The van der Waals surface area contributed by atoms with Crippen LogP contribution in [0, 0.1) is 0 Å². The zero-order chi connectivity index (χ0) is 14.1. The molecule has 0 spiro atoms. The van der Waals surface area contributed by atoms with E-state index in [-0.39, 0.29) is 24.1 Å². The van der Waals surface area contributed by atoms with Gasteiger partial charge in [-0.3, -0.25) is 9.59 Å². The quantitative estimate of drug-likeness (QED) is 0.317. The number of ether oxygens (including phenoxy) is 2. The van der Waals surface area contributed by atoms with E-state index >= 15 is 0 Å². The normalized spacial score (nSPS) is 10.2. The van der Waals surface area contributed by atoms with Crippen LogP contribution in [0.2, 0.25) is 0 Å². The summed E-state index contributed by atoms with van der Waals surface area (Å²) >= 11 is 1.39. The topological polar surface area (TPSA) is 52.6 Å². The minimum Gasteiger partial charge on any atom is -0.463 e. The van der Waals surface area contributed by atoms with E-state index < -0.39 is 0 Å². The van der Waals surface area contributed by atoms with Gasteiger partial charge < -0.3 is 9.47 Å².